The first-order chi connectivity index (χ1) is 5.78. The van der Waals surface area contributed by atoms with Gasteiger partial charge in [-0.3, -0.25) is 0 Å². The van der Waals surface area contributed by atoms with Gasteiger partial charge in [0.2, 0.25) is 0 Å². The topological polar surface area (TPSA) is 33.1 Å². The fraction of sp³-hybridized carbons (Fsp3) is 0.625. The third-order valence-electron chi connectivity index (χ3n) is 2.37. The molecule has 1 fully saturated rings. The van der Waals surface area contributed by atoms with Crippen molar-refractivity contribution in [2.45, 2.75) is 23.7 Å². The molecule has 0 aliphatic heterocycles. The average molecular weight is 201 g/mol. The highest BCUT2D eigenvalue weighted by atomic mass is 32.2. The minimum atomic E-state index is -0.306. The van der Waals surface area contributed by atoms with Crippen molar-refractivity contribution in [2.75, 3.05) is 6.26 Å². The Morgan fingerprint density at radius 1 is 1.75 bits per heavy atom. The van der Waals surface area contributed by atoms with E-state index in [-0.39, 0.29) is 10.9 Å². The van der Waals surface area contributed by atoms with Crippen molar-refractivity contribution < 1.29 is 5.11 Å². The Morgan fingerprint density at radius 2 is 2.50 bits per heavy atom. The Bertz CT molecular complexity index is 256. The van der Waals surface area contributed by atoms with Gasteiger partial charge in [0.1, 0.15) is 6.10 Å². The molecule has 12 heavy (non-hydrogen) atoms. The molecule has 1 unspecified atom stereocenters. The quantitative estimate of drug-likeness (QED) is 0.812. The van der Waals surface area contributed by atoms with Crippen LogP contribution in [0.25, 0.3) is 0 Å². The van der Waals surface area contributed by atoms with Crippen molar-refractivity contribution in [2.24, 2.45) is 0 Å². The predicted octanol–water partition coefficient (Wildman–Crippen LogP) is 2.07. The van der Waals surface area contributed by atoms with Gasteiger partial charge in [-0.1, -0.05) is 0 Å². The summed E-state index contributed by atoms with van der Waals surface area (Å²) in [4.78, 5) is 1.00. The average Bonchev–Trinajstić information content (AvgIpc) is 2.71. The second-order valence-corrected chi connectivity index (χ2v) is 5.17. The summed E-state index contributed by atoms with van der Waals surface area (Å²) >= 11 is 3.17. The molecule has 66 valence electrons. The SMILES string of the molecule is CSC1(C(O)c2ccns2)CC1. The van der Waals surface area contributed by atoms with Crippen molar-refractivity contribution in [1.82, 2.24) is 4.37 Å². The van der Waals surface area contributed by atoms with Crippen LogP contribution in [0.1, 0.15) is 23.8 Å². The molecule has 1 N–H and O–H groups in total. The van der Waals surface area contributed by atoms with E-state index in [1.165, 1.54) is 11.5 Å². The number of aromatic nitrogens is 1. The van der Waals surface area contributed by atoms with Gasteiger partial charge in [-0.05, 0) is 36.7 Å². The fourth-order valence-corrected chi connectivity index (χ4v) is 2.96. The van der Waals surface area contributed by atoms with Crippen LogP contribution in [0.4, 0.5) is 0 Å². The van der Waals surface area contributed by atoms with Gasteiger partial charge < -0.3 is 5.11 Å². The first-order valence-electron chi connectivity index (χ1n) is 3.92. The number of nitrogens with zero attached hydrogens (tertiary/aromatic N) is 1. The molecule has 1 aromatic heterocycles. The van der Waals surface area contributed by atoms with Gasteiger partial charge in [-0.25, -0.2) is 4.37 Å². The summed E-state index contributed by atoms with van der Waals surface area (Å²) in [6.07, 6.45) is 5.78. The molecule has 1 aliphatic rings. The lowest BCUT2D eigenvalue weighted by Crippen LogP contribution is -2.14. The third kappa shape index (κ3) is 1.28. The summed E-state index contributed by atoms with van der Waals surface area (Å²) < 4.78 is 4.11. The Balaban J connectivity index is 2.15. The minimum Gasteiger partial charge on any atom is -0.386 e. The van der Waals surface area contributed by atoms with E-state index in [9.17, 15) is 5.11 Å². The number of aliphatic hydroxyl groups excluding tert-OH is 1. The highest BCUT2D eigenvalue weighted by molar-refractivity contribution is 8.00. The molecular formula is C8H11NOS2. The van der Waals surface area contributed by atoms with Crippen LogP contribution in [0.2, 0.25) is 0 Å². The number of aliphatic hydroxyl groups is 1. The summed E-state index contributed by atoms with van der Waals surface area (Å²) in [5.41, 5.74) is 0. The lowest BCUT2D eigenvalue weighted by Gasteiger charge is -2.17. The van der Waals surface area contributed by atoms with Crippen LogP contribution < -0.4 is 0 Å². The molecule has 0 spiro atoms. The molecular weight excluding hydrogens is 190 g/mol. The maximum atomic E-state index is 9.95. The molecule has 1 saturated carbocycles. The number of hydrogen-bond acceptors (Lipinski definition) is 4. The minimum absolute atomic E-state index is 0.118. The predicted molar refractivity (Wildman–Crippen MR) is 52.6 cm³/mol. The molecule has 0 aromatic carbocycles. The summed E-state index contributed by atoms with van der Waals surface area (Å²) in [5, 5.41) is 9.95. The molecule has 1 aromatic rings. The number of thioether (sulfide) groups is 1. The lowest BCUT2D eigenvalue weighted by atomic mass is 10.2. The normalized spacial score (nSPS) is 22.2. The van der Waals surface area contributed by atoms with E-state index in [0.29, 0.717) is 0 Å². The van der Waals surface area contributed by atoms with Crippen LogP contribution in [0.3, 0.4) is 0 Å². The van der Waals surface area contributed by atoms with Crippen molar-refractivity contribution in [3.05, 3.63) is 17.1 Å². The largest absolute Gasteiger partial charge is 0.386 e. The fourth-order valence-electron chi connectivity index (χ4n) is 1.34. The maximum absolute atomic E-state index is 9.95. The Kier molecular flexibility index (Phi) is 2.14. The molecule has 1 atom stereocenters. The second kappa shape index (κ2) is 3.01. The van der Waals surface area contributed by atoms with Gasteiger partial charge in [-0.15, -0.1) is 0 Å². The molecule has 0 bridgehead atoms. The molecule has 4 heteroatoms. The van der Waals surface area contributed by atoms with Crippen molar-refractivity contribution in [3.8, 4) is 0 Å². The molecule has 2 nitrogen and oxygen atoms in total. The second-order valence-electron chi connectivity index (χ2n) is 3.09. The lowest BCUT2D eigenvalue weighted by molar-refractivity contribution is 0.171. The smallest absolute Gasteiger partial charge is 0.104 e. The molecule has 0 amide bonds. The van der Waals surface area contributed by atoms with E-state index in [2.05, 4.69) is 10.6 Å². The van der Waals surface area contributed by atoms with E-state index in [4.69, 9.17) is 0 Å². The highest BCUT2D eigenvalue weighted by Gasteiger charge is 2.49. The van der Waals surface area contributed by atoms with Crippen LogP contribution in [0.15, 0.2) is 12.3 Å². The van der Waals surface area contributed by atoms with Crippen LogP contribution in [-0.4, -0.2) is 20.5 Å². The van der Waals surface area contributed by atoms with Crippen LogP contribution in [0, 0.1) is 0 Å². The van der Waals surface area contributed by atoms with Crippen LogP contribution in [0.5, 0.6) is 0 Å². The Morgan fingerprint density at radius 3 is 2.92 bits per heavy atom. The molecule has 0 radical (unpaired) electrons. The van der Waals surface area contributed by atoms with E-state index in [1.807, 2.05) is 6.07 Å². The van der Waals surface area contributed by atoms with Gasteiger partial charge in [0.15, 0.2) is 0 Å². The van der Waals surface area contributed by atoms with Gasteiger partial charge in [0, 0.05) is 10.9 Å². The zero-order chi connectivity index (χ0) is 8.60. The zero-order valence-corrected chi connectivity index (χ0v) is 8.49. The van der Waals surface area contributed by atoms with Crippen LogP contribution in [-0.2, 0) is 0 Å². The van der Waals surface area contributed by atoms with Crippen molar-refractivity contribution >= 4 is 23.3 Å². The maximum Gasteiger partial charge on any atom is 0.104 e. The van der Waals surface area contributed by atoms with E-state index < -0.39 is 0 Å². The Labute approximate surface area is 80.2 Å². The van der Waals surface area contributed by atoms with E-state index in [1.54, 1.807) is 18.0 Å². The van der Waals surface area contributed by atoms with Gasteiger partial charge in [0.25, 0.3) is 0 Å². The summed E-state index contributed by atoms with van der Waals surface area (Å²) in [6.45, 7) is 0. The van der Waals surface area contributed by atoms with Gasteiger partial charge >= 0.3 is 0 Å². The monoisotopic (exact) mass is 201 g/mol. The molecule has 1 aliphatic carbocycles. The standard InChI is InChI=1S/C8H11NOS2/c1-11-8(3-4-8)7(10)6-2-5-9-12-6/h2,5,7,10H,3-4H2,1H3. The first kappa shape index (κ1) is 8.53. The Hall–Kier alpha value is -0.0600. The number of rotatable bonds is 3. The van der Waals surface area contributed by atoms with Crippen molar-refractivity contribution in [3.63, 3.8) is 0 Å². The number of hydrogen-bond donors (Lipinski definition) is 1. The third-order valence-corrected chi connectivity index (χ3v) is 4.62. The summed E-state index contributed by atoms with van der Waals surface area (Å²) in [5.74, 6) is 0. The van der Waals surface area contributed by atoms with Crippen molar-refractivity contribution in [1.29, 1.82) is 0 Å². The van der Waals surface area contributed by atoms with Crippen LogP contribution >= 0.6 is 23.3 Å². The highest BCUT2D eigenvalue weighted by Crippen LogP contribution is 2.55. The molecule has 0 saturated heterocycles. The van der Waals surface area contributed by atoms with Gasteiger partial charge in [-0.2, -0.15) is 11.8 Å². The summed E-state index contributed by atoms with van der Waals surface area (Å²) in [7, 11) is 0. The summed E-state index contributed by atoms with van der Waals surface area (Å²) in [6, 6.07) is 1.91. The zero-order valence-electron chi connectivity index (χ0n) is 6.86. The first-order valence-corrected chi connectivity index (χ1v) is 5.92. The molecule has 2 rings (SSSR count). The van der Waals surface area contributed by atoms with Gasteiger partial charge in [0.05, 0.1) is 4.88 Å². The molecule has 1 heterocycles. The van der Waals surface area contributed by atoms with E-state index in [0.717, 1.165) is 17.7 Å². The van der Waals surface area contributed by atoms with E-state index >= 15 is 0 Å².